The van der Waals surface area contributed by atoms with Crippen LogP contribution in [0.25, 0.3) is 11.3 Å². The molecule has 6 nitrogen and oxygen atoms in total. The summed E-state index contributed by atoms with van der Waals surface area (Å²) in [4.78, 5) is 13.0. The van der Waals surface area contributed by atoms with E-state index in [2.05, 4.69) is 40.0 Å². The summed E-state index contributed by atoms with van der Waals surface area (Å²) in [6.07, 6.45) is 9.31. The predicted molar refractivity (Wildman–Crippen MR) is 83.8 cm³/mol. The Bertz CT molecular complexity index is 737. The number of hydrogen-bond acceptors (Lipinski definition) is 5. The normalized spacial score (nSPS) is 14.1. The highest BCUT2D eigenvalue weighted by atomic mass is 15.3. The Morgan fingerprint density at radius 3 is 3.00 bits per heavy atom. The van der Waals surface area contributed by atoms with Gasteiger partial charge in [-0.15, -0.1) is 0 Å². The summed E-state index contributed by atoms with van der Waals surface area (Å²) < 4.78 is 1.88. The van der Waals surface area contributed by atoms with Crippen molar-refractivity contribution < 1.29 is 0 Å². The molecule has 6 heteroatoms. The van der Waals surface area contributed by atoms with Crippen LogP contribution in [0.5, 0.6) is 0 Å². The van der Waals surface area contributed by atoms with E-state index in [4.69, 9.17) is 5.26 Å². The van der Waals surface area contributed by atoms with Crippen molar-refractivity contribution in [2.75, 3.05) is 0 Å². The first-order valence-electron chi connectivity index (χ1n) is 7.47. The van der Waals surface area contributed by atoms with Gasteiger partial charge in [0, 0.05) is 24.4 Å². The Labute approximate surface area is 129 Å². The molecule has 2 aromatic rings. The second-order valence-electron chi connectivity index (χ2n) is 5.89. The van der Waals surface area contributed by atoms with Crippen molar-refractivity contribution in [1.82, 2.24) is 19.7 Å². The molecule has 3 rings (SSSR count). The zero-order chi connectivity index (χ0) is 15.5. The first kappa shape index (κ1) is 14.4. The van der Waals surface area contributed by atoms with Gasteiger partial charge in [-0.2, -0.15) is 10.4 Å². The fourth-order valence-electron chi connectivity index (χ4n) is 2.73. The van der Waals surface area contributed by atoms with Crippen LogP contribution in [0.15, 0.2) is 23.7 Å². The molecule has 0 bridgehead atoms. The van der Waals surface area contributed by atoms with Gasteiger partial charge >= 0.3 is 0 Å². The Kier molecular flexibility index (Phi) is 3.96. The maximum absolute atomic E-state index is 9.03. The highest BCUT2D eigenvalue weighted by Crippen LogP contribution is 2.33. The van der Waals surface area contributed by atoms with Gasteiger partial charge in [0.25, 0.3) is 0 Å². The van der Waals surface area contributed by atoms with Crippen molar-refractivity contribution in [2.45, 2.75) is 39.2 Å². The molecule has 0 N–H and O–H groups in total. The third-order valence-electron chi connectivity index (χ3n) is 3.72. The average Bonchev–Trinajstić information content (AvgIpc) is 3.15. The second kappa shape index (κ2) is 6.06. The lowest BCUT2D eigenvalue weighted by atomic mass is 10.0. The Hall–Kier alpha value is -2.55. The van der Waals surface area contributed by atoms with Crippen molar-refractivity contribution in [3.05, 3.63) is 24.4 Å². The minimum Gasteiger partial charge on any atom is -0.268 e. The van der Waals surface area contributed by atoms with Gasteiger partial charge in [0.1, 0.15) is 17.7 Å². The summed E-state index contributed by atoms with van der Waals surface area (Å²) in [5.74, 6) is 0.513. The lowest BCUT2D eigenvalue weighted by molar-refractivity contribution is 0.377. The molecule has 0 amide bonds. The van der Waals surface area contributed by atoms with E-state index in [-0.39, 0.29) is 6.04 Å². The first-order valence-corrected chi connectivity index (χ1v) is 7.47. The molecule has 0 aliphatic carbocycles. The van der Waals surface area contributed by atoms with E-state index in [0.29, 0.717) is 12.3 Å². The number of nitrogens with zero attached hydrogens (tertiary/aromatic N) is 6. The zero-order valence-electron chi connectivity index (χ0n) is 12.8. The number of fused-ring (bicyclic) bond motifs is 1. The number of rotatable bonds is 5. The van der Waals surface area contributed by atoms with Gasteiger partial charge < -0.3 is 0 Å². The van der Waals surface area contributed by atoms with E-state index < -0.39 is 0 Å². The average molecular weight is 294 g/mol. The molecule has 3 heterocycles. The third kappa shape index (κ3) is 2.75. The maximum Gasteiger partial charge on any atom is 0.116 e. The highest BCUT2D eigenvalue weighted by molar-refractivity contribution is 5.83. The lowest BCUT2D eigenvalue weighted by Gasteiger charge is -2.16. The van der Waals surface area contributed by atoms with Crippen molar-refractivity contribution in [3.8, 4) is 17.3 Å². The van der Waals surface area contributed by atoms with Gasteiger partial charge in [-0.1, -0.05) is 13.8 Å². The van der Waals surface area contributed by atoms with Gasteiger partial charge in [0.2, 0.25) is 0 Å². The van der Waals surface area contributed by atoms with Crippen LogP contribution >= 0.6 is 0 Å². The lowest BCUT2D eigenvalue weighted by Crippen LogP contribution is -2.11. The van der Waals surface area contributed by atoms with Crippen LogP contribution in [0.2, 0.25) is 0 Å². The van der Waals surface area contributed by atoms with Crippen LogP contribution < -0.4 is 0 Å². The molecule has 0 saturated heterocycles. The molecule has 0 aromatic carbocycles. The maximum atomic E-state index is 9.03. The third-order valence-corrected chi connectivity index (χ3v) is 3.72. The Balaban J connectivity index is 1.92. The summed E-state index contributed by atoms with van der Waals surface area (Å²) in [6, 6.07) is 2.35. The van der Waals surface area contributed by atoms with E-state index in [1.807, 2.05) is 17.1 Å². The SMILES string of the molecule is CC(C)CC(CC#N)n1cc(-c2ncnc3c2N=CC3)cn1. The van der Waals surface area contributed by atoms with Crippen LogP contribution in [0.1, 0.15) is 38.4 Å². The van der Waals surface area contributed by atoms with Gasteiger partial charge in [0.05, 0.1) is 30.4 Å². The second-order valence-corrected chi connectivity index (χ2v) is 5.89. The van der Waals surface area contributed by atoms with Crippen LogP contribution in [-0.2, 0) is 6.42 Å². The van der Waals surface area contributed by atoms with Gasteiger partial charge in [0.15, 0.2) is 0 Å². The highest BCUT2D eigenvalue weighted by Gasteiger charge is 2.19. The van der Waals surface area contributed by atoms with Crippen LogP contribution in [-0.4, -0.2) is 26.0 Å². The molecule has 1 aliphatic heterocycles. The molecular formula is C16H18N6. The van der Waals surface area contributed by atoms with Crippen LogP contribution in [0, 0.1) is 17.2 Å². The van der Waals surface area contributed by atoms with E-state index >= 15 is 0 Å². The number of hydrogen-bond donors (Lipinski definition) is 0. The van der Waals surface area contributed by atoms with Crippen molar-refractivity contribution in [2.24, 2.45) is 10.9 Å². The summed E-state index contributed by atoms with van der Waals surface area (Å²) >= 11 is 0. The standard InChI is InChI=1S/C16H18N6/c1-11(2)7-13(3-5-17)22-9-12(8-21-22)15-16-14(4-6-18-16)19-10-20-15/h6,8-11,13H,3-4,7H2,1-2H3. The Morgan fingerprint density at radius 2 is 2.23 bits per heavy atom. The molecule has 1 atom stereocenters. The topological polar surface area (TPSA) is 79.8 Å². The number of nitriles is 1. The molecular weight excluding hydrogens is 276 g/mol. The fourth-order valence-corrected chi connectivity index (χ4v) is 2.73. The quantitative estimate of drug-likeness (QED) is 0.848. The number of aromatic nitrogens is 4. The van der Waals surface area contributed by atoms with Gasteiger partial charge in [-0.25, -0.2) is 9.97 Å². The minimum absolute atomic E-state index is 0.0946. The van der Waals surface area contributed by atoms with E-state index in [9.17, 15) is 0 Å². The summed E-state index contributed by atoms with van der Waals surface area (Å²) in [6.45, 7) is 4.31. The molecule has 1 unspecified atom stereocenters. The molecule has 0 fully saturated rings. The first-order chi connectivity index (χ1) is 10.7. The van der Waals surface area contributed by atoms with Gasteiger partial charge in [-0.3, -0.25) is 9.67 Å². The van der Waals surface area contributed by atoms with E-state index in [1.54, 1.807) is 12.5 Å². The summed E-state index contributed by atoms with van der Waals surface area (Å²) in [5.41, 5.74) is 3.52. The molecule has 2 aromatic heterocycles. The molecule has 0 spiro atoms. The van der Waals surface area contributed by atoms with Crippen LogP contribution in [0.3, 0.4) is 0 Å². The van der Waals surface area contributed by atoms with Gasteiger partial charge in [-0.05, 0) is 12.3 Å². The summed E-state index contributed by atoms with van der Waals surface area (Å²) in [7, 11) is 0. The Morgan fingerprint density at radius 1 is 1.36 bits per heavy atom. The molecule has 0 radical (unpaired) electrons. The zero-order valence-corrected chi connectivity index (χ0v) is 12.8. The molecule has 112 valence electrons. The van der Waals surface area contributed by atoms with Crippen molar-refractivity contribution in [1.29, 1.82) is 5.26 Å². The molecule has 1 aliphatic rings. The van der Waals surface area contributed by atoms with E-state index in [1.165, 1.54) is 0 Å². The minimum atomic E-state index is 0.0946. The molecule has 22 heavy (non-hydrogen) atoms. The smallest absolute Gasteiger partial charge is 0.116 e. The van der Waals surface area contributed by atoms with Crippen molar-refractivity contribution >= 4 is 11.9 Å². The number of aliphatic imine (C=N–C) groups is 1. The van der Waals surface area contributed by atoms with Crippen molar-refractivity contribution in [3.63, 3.8) is 0 Å². The monoisotopic (exact) mass is 294 g/mol. The van der Waals surface area contributed by atoms with E-state index in [0.717, 1.165) is 35.5 Å². The van der Waals surface area contributed by atoms with Crippen LogP contribution in [0.4, 0.5) is 5.69 Å². The predicted octanol–water partition coefficient (Wildman–Crippen LogP) is 3.10. The fraction of sp³-hybridized carbons (Fsp3) is 0.438. The largest absolute Gasteiger partial charge is 0.268 e. The summed E-state index contributed by atoms with van der Waals surface area (Å²) in [5, 5.41) is 13.5. The molecule has 0 saturated carbocycles.